The van der Waals surface area contributed by atoms with Crippen LogP contribution in [0.3, 0.4) is 0 Å². The third kappa shape index (κ3) is 2.48. The Morgan fingerprint density at radius 1 is 1.26 bits per heavy atom. The van der Waals surface area contributed by atoms with Crippen LogP contribution >= 0.6 is 0 Å². The summed E-state index contributed by atoms with van der Waals surface area (Å²) in [6.07, 6.45) is 5.64. The number of fused-ring (bicyclic) bond motifs is 2. The fourth-order valence-corrected chi connectivity index (χ4v) is 4.19. The maximum atomic E-state index is 12.4. The minimum atomic E-state index is -0.895. The number of nitrogens with zero attached hydrogens (tertiary/aromatic N) is 1. The van der Waals surface area contributed by atoms with Gasteiger partial charge in [0.15, 0.2) is 0 Å². The van der Waals surface area contributed by atoms with E-state index in [1.807, 2.05) is 0 Å². The van der Waals surface area contributed by atoms with Crippen molar-refractivity contribution < 1.29 is 14.7 Å². The molecule has 19 heavy (non-hydrogen) atoms. The summed E-state index contributed by atoms with van der Waals surface area (Å²) in [5, 5.41) is 12.2. The topological polar surface area (TPSA) is 69.6 Å². The molecule has 3 rings (SSSR count). The van der Waals surface area contributed by atoms with Gasteiger partial charge in [-0.15, -0.1) is 0 Å². The van der Waals surface area contributed by atoms with Gasteiger partial charge in [-0.3, -0.25) is 4.79 Å². The maximum absolute atomic E-state index is 12.4. The zero-order valence-electron chi connectivity index (χ0n) is 11.2. The van der Waals surface area contributed by atoms with Crippen LogP contribution in [-0.2, 0) is 9.59 Å². The zero-order valence-corrected chi connectivity index (χ0v) is 11.2. The molecule has 4 atom stereocenters. The molecular formula is C14H22N2O3. The summed E-state index contributed by atoms with van der Waals surface area (Å²) < 4.78 is 0. The van der Waals surface area contributed by atoms with Gasteiger partial charge in [0, 0.05) is 26.1 Å². The van der Waals surface area contributed by atoms with E-state index >= 15 is 0 Å². The van der Waals surface area contributed by atoms with E-state index in [0.29, 0.717) is 32.0 Å². The van der Waals surface area contributed by atoms with Crippen LogP contribution in [0.1, 0.15) is 32.1 Å². The van der Waals surface area contributed by atoms with E-state index in [-0.39, 0.29) is 5.91 Å². The molecule has 2 aliphatic carbocycles. The van der Waals surface area contributed by atoms with Crippen LogP contribution in [0.5, 0.6) is 0 Å². The highest BCUT2D eigenvalue weighted by atomic mass is 16.4. The number of amides is 1. The Hall–Kier alpha value is -1.10. The molecule has 1 heterocycles. The molecule has 5 nitrogen and oxygen atoms in total. The first-order valence-electron chi connectivity index (χ1n) is 7.38. The molecule has 1 aliphatic heterocycles. The van der Waals surface area contributed by atoms with Crippen molar-refractivity contribution in [3.8, 4) is 0 Å². The summed E-state index contributed by atoms with van der Waals surface area (Å²) in [5.41, 5.74) is 0. The maximum Gasteiger partial charge on any atom is 0.327 e. The number of carboxylic acids is 1. The van der Waals surface area contributed by atoms with Crippen LogP contribution in [0.4, 0.5) is 0 Å². The Labute approximate surface area is 113 Å². The van der Waals surface area contributed by atoms with Crippen molar-refractivity contribution in [2.24, 2.45) is 17.8 Å². The SMILES string of the molecule is O=C(O)C1CNCCN1C(=O)CC1CC2CCC1C2. The second kappa shape index (κ2) is 5.12. The Kier molecular flexibility index (Phi) is 3.48. The molecule has 0 aromatic rings. The van der Waals surface area contributed by atoms with Gasteiger partial charge in [0.05, 0.1) is 0 Å². The predicted octanol–water partition coefficient (Wildman–Crippen LogP) is 0.698. The number of rotatable bonds is 3. The number of nitrogens with one attached hydrogen (secondary N) is 1. The number of piperazine rings is 1. The van der Waals surface area contributed by atoms with Crippen molar-refractivity contribution in [2.75, 3.05) is 19.6 Å². The number of hydrogen-bond donors (Lipinski definition) is 2. The molecule has 3 fully saturated rings. The van der Waals surface area contributed by atoms with Crippen molar-refractivity contribution in [3.05, 3.63) is 0 Å². The third-order valence-corrected chi connectivity index (χ3v) is 5.17. The average Bonchev–Trinajstić information content (AvgIpc) is 3.01. The Morgan fingerprint density at radius 3 is 2.74 bits per heavy atom. The van der Waals surface area contributed by atoms with Crippen LogP contribution in [-0.4, -0.2) is 47.6 Å². The minimum Gasteiger partial charge on any atom is -0.480 e. The molecule has 1 saturated heterocycles. The lowest BCUT2D eigenvalue weighted by Gasteiger charge is -2.35. The van der Waals surface area contributed by atoms with Crippen molar-refractivity contribution in [3.63, 3.8) is 0 Å². The van der Waals surface area contributed by atoms with E-state index < -0.39 is 12.0 Å². The van der Waals surface area contributed by atoms with Gasteiger partial charge in [-0.1, -0.05) is 6.42 Å². The Bertz CT molecular complexity index is 385. The van der Waals surface area contributed by atoms with Gasteiger partial charge in [-0.25, -0.2) is 4.79 Å². The molecule has 4 unspecified atom stereocenters. The molecule has 0 aromatic heterocycles. The lowest BCUT2D eigenvalue weighted by Crippen LogP contribution is -2.57. The quantitative estimate of drug-likeness (QED) is 0.789. The Balaban J connectivity index is 1.61. The van der Waals surface area contributed by atoms with E-state index in [0.717, 1.165) is 11.8 Å². The first kappa shape index (κ1) is 12.9. The zero-order chi connectivity index (χ0) is 13.4. The molecule has 0 radical (unpaired) electrons. The largest absolute Gasteiger partial charge is 0.480 e. The van der Waals surface area contributed by atoms with Gasteiger partial charge in [0.2, 0.25) is 5.91 Å². The molecule has 3 aliphatic rings. The van der Waals surface area contributed by atoms with Gasteiger partial charge >= 0.3 is 5.97 Å². The molecule has 106 valence electrons. The van der Waals surface area contributed by atoms with Crippen molar-refractivity contribution in [1.82, 2.24) is 10.2 Å². The summed E-state index contributed by atoms with van der Waals surface area (Å²) in [4.78, 5) is 25.2. The normalized spacial score (nSPS) is 37.6. The second-order valence-electron chi connectivity index (χ2n) is 6.28. The van der Waals surface area contributed by atoms with Crippen LogP contribution in [0.15, 0.2) is 0 Å². The highest BCUT2D eigenvalue weighted by molar-refractivity contribution is 5.84. The monoisotopic (exact) mass is 266 g/mol. The fraction of sp³-hybridized carbons (Fsp3) is 0.857. The van der Waals surface area contributed by atoms with Crippen LogP contribution < -0.4 is 5.32 Å². The summed E-state index contributed by atoms with van der Waals surface area (Å²) >= 11 is 0. The van der Waals surface area contributed by atoms with Gasteiger partial charge in [0.1, 0.15) is 6.04 Å². The summed E-state index contributed by atoms with van der Waals surface area (Å²) in [7, 11) is 0. The third-order valence-electron chi connectivity index (χ3n) is 5.17. The smallest absolute Gasteiger partial charge is 0.327 e. The lowest BCUT2D eigenvalue weighted by molar-refractivity contribution is -0.151. The molecule has 1 amide bonds. The van der Waals surface area contributed by atoms with Crippen LogP contribution in [0.25, 0.3) is 0 Å². The molecule has 2 saturated carbocycles. The molecule has 5 heteroatoms. The van der Waals surface area contributed by atoms with Gasteiger partial charge in [-0.05, 0) is 37.0 Å². The standard InChI is InChI=1S/C14H22N2O3/c17-13(7-11-6-9-1-2-10(11)5-9)16-4-3-15-8-12(16)14(18)19/h9-12,15H,1-8H2,(H,18,19). The Morgan fingerprint density at radius 2 is 2.11 bits per heavy atom. The number of aliphatic carboxylic acids is 1. The fourth-order valence-electron chi connectivity index (χ4n) is 4.19. The van der Waals surface area contributed by atoms with Gasteiger partial charge < -0.3 is 15.3 Å². The first-order chi connectivity index (χ1) is 9.15. The highest BCUT2D eigenvalue weighted by Crippen LogP contribution is 2.49. The van der Waals surface area contributed by atoms with E-state index in [4.69, 9.17) is 0 Å². The number of carbonyl (C=O) groups excluding carboxylic acids is 1. The van der Waals surface area contributed by atoms with Crippen LogP contribution in [0.2, 0.25) is 0 Å². The molecule has 0 spiro atoms. The van der Waals surface area contributed by atoms with Gasteiger partial charge in [-0.2, -0.15) is 0 Å². The second-order valence-corrected chi connectivity index (χ2v) is 6.28. The molecule has 2 bridgehead atoms. The van der Waals surface area contributed by atoms with Crippen molar-refractivity contribution in [1.29, 1.82) is 0 Å². The predicted molar refractivity (Wildman–Crippen MR) is 69.6 cm³/mol. The average molecular weight is 266 g/mol. The highest BCUT2D eigenvalue weighted by Gasteiger charge is 2.41. The molecule has 0 aromatic carbocycles. The first-order valence-corrected chi connectivity index (χ1v) is 7.38. The molecular weight excluding hydrogens is 244 g/mol. The van der Waals surface area contributed by atoms with Crippen molar-refractivity contribution in [2.45, 2.75) is 38.1 Å². The van der Waals surface area contributed by atoms with E-state index in [1.54, 1.807) is 4.90 Å². The van der Waals surface area contributed by atoms with Crippen LogP contribution in [0, 0.1) is 17.8 Å². The van der Waals surface area contributed by atoms with E-state index in [9.17, 15) is 14.7 Å². The number of carboxylic acid groups (broad SMARTS) is 1. The number of hydrogen-bond acceptors (Lipinski definition) is 3. The minimum absolute atomic E-state index is 0.0476. The lowest BCUT2D eigenvalue weighted by atomic mass is 9.86. The van der Waals surface area contributed by atoms with Gasteiger partial charge in [0.25, 0.3) is 0 Å². The summed E-state index contributed by atoms with van der Waals surface area (Å²) in [5.74, 6) is 1.22. The summed E-state index contributed by atoms with van der Waals surface area (Å²) in [6.45, 7) is 1.60. The van der Waals surface area contributed by atoms with E-state index in [1.165, 1.54) is 25.7 Å². The van der Waals surface area contributed by atoms with Crippen molar-refractivity contribution >= 4 is 11.9 Å². The van der Waals surface area contributed by atoms with E-state index in [2.05, 4.69) is 5.32 Å². The number of carbonyl (C=O) groups is 2. The summed E-state index contributed by atoms with van der Waals surface area (Å²) in [6, 6.07) is -0.681. The molecule has 2 N–H and O–H groups in total.